The SMILES string of the molecule is CCCNCCNC(=O)CC(C)(C)c1ccc(C)cc1.Cl. The van der Waals surface area contributed by atoms with Gasteiger partial charge >= 0.3 is 0 Å². The lowest BCUT2D eigenvalue weighted by atomic mass is 9.81. The van der Waals surface area contributed by atoms with Gasteiger partial charge in [-0.25, -0.2) is 0 Å². The maximum atomic E-state index is 12.0. The van der Waals surface area contributed by atoms with Gasteiger partial charge in [0.2, 0.25) is 5.91 Å². The van der Waals surface area contributed by atoms with E-state index in [9.17, 15) is 4.79 Å². The number of carbonyl (C=O) groups is 1. The summed E-state index contributed by atoms with van der Waals surface area (Å²) in [6.07, 6.45) is 1.64. The van der Waals surface area contributed by atoms with Crippen molar-refractivity contribution in [3.05, 3.63) is 35.4 Å². The van der Waals surface area contributed by atoms with Gasteiger partial charge in [-0.1, -0.05) is 50.6 Å². The van der Waals surface area contributed by atoms with Crippen molar-refractivity contribution in [1.82, 2.24) is 10.6 Å². The molecule has 0 saturated heterocycles. The molecule has 4 heteroatoms. The highest BCUT2D eigenvalue weighted by Crippen LogP contribution is 2.27. The number of nitrogens with one attached hydrogen (secondary N) is 2. The molecule has 0 aliphatic heterocycles. The highest BCUT2D eigenvalue weighted by Gasteiger charge is 2.23. The standard InChI is InChI=1S/C17H28N2O.ClH/c1-5-10-18-11-12-19-16(20)13-17(3,4)15-8-6-14(2)7-9-15;/h6-9,18H,5,10-13H2,1-4H3,(H,19,20);1H. The van der Waals surface area contributed by atoms with E-state index in [0.29, 0.717) is 13.0 Å². The highest BCUT2D eigenvalue weighted by molar-refractivity contribution is 5.85. The van der Waals surface area contributed by atoms with Crippen molar-refractivity contribution in [3.8, 4) is 0 Å². The first-order valence-electron chi connectivity index (χ1n) is 7.50. The van der Waals surface area contributed by atoms with E-state index >= 15 is 0 Å². The molecule has 0 fully saturated rings. The highest BCUT2D eigenvalue weighted by atomic mass is 35.5. The van der Waals surface area contributed by atoms with Gasteiger partial charge in [-0.15, -0.1) is 12.4 Å². The van der Waals surface area contributed by atoms with Crippen molar-refractivity contribution in [3.63, 3.8) is 0 Å². The van der Waals surface area contributed by atoms with Crippen LogP contribution in [-0.2, 0) is 10.2 Å². The summed E-state index contributed by atoms with van der Waals surface area (Å²) in [6.45, 7) is 11.0. The van der Waals surface area contributed by atoms with Crippen molar-refractivity contribution in [1.29, 1.82) is 0 Å². The number of hydrogen-bond donors (Lipinski definition) is 2. The van der Waals surface area contributed by atoms with Gasteiger partial charge in [0, 0.05) is 19.5 Å². The van der Waals surface area contributed by atoms with Gasteiger partial charge in [0.15, 0.2) is 0 Å². The second kappa shape index (κ2) is 9.80. The van der Waals surface area contributed by atoms with Gasteiger partial charge in [0.25, 0.3) is 0 Å². The molecule has 1 amide bonds. The first-order valence-corrected chi connectivity index (χ1v) is 7.50. The molecule has 1 rings (SSSR count). The molecule has 0 atom stereocenters. The summed E-state index contributed by atoms with van der Waals surface area (Å²) in [5.74, 6) is 0.119. The lowest BCUT2D eigenvalue weighted by molar-refractivity contribution is -0.122. The summed E-state index contributed by atoms with van der Waals surface area (Å²) in [5.41, 5.74) is 2.33. The van der Waals surface area contributed by atoms with Crippen LogP contribution in [-0.4, -0.2) is 25.5 Å². The van der Waals surface area contributed by atoms with Crippen LogP contribution in [0, 0.1) is 6.92 Å². The van der Waals surface area contributed by atoms with Crippen LogP contribution in [0.4, 0.5) is 0 Å². The fourth-order valence-electron chi connectivity index (χ4n) is 2.16. The van der Waals surface area contributed by atoms with Crippen LogP contribution >= 0.6 is 12.4 Å². The normalized spacial score (nSPS) is 10.9. The van der Waals surface area contributed by atoms with E-state index in [1.165, 1.54) is 11.1 Å². The van der Waals surface area contributed by atoms with Gasteiger partial charge < -0.3 is 10.6 Å². The number of hydrogen-bond acceptors (Lipinski definition) is 2. The Hall–Kier alpha value is -1.06. The summed E-state index contributed by atoms with van der Waals surface area (Å²) < 4.78 is 0. The van der Waals surface area contributed by atoms with Crippen LogP contribution in [0.3, 0.4) is 0 Å². The number of benzene rings is 1. The maximum Gasteiger partial charge on any atom is 0.220 e. The Morgan fingerprint density at radius 2 is 1.71 bits per heavy atom. The molecule has 0 spiro atoms. The minimum absolute atomic E-state index is 0. The van der Waals surface area contributed by atoms with E-state index < -0.39 is 0 Å². The van der Waals surface area contributed by atoms with Crippen LogP contribution in [0.1, 0.15) is 44.7 Å². The Labute approximate surface area is 135 Å². The van der Waals surface area contributed by atoms with E-state index in [1.54, 1.807) is 0 Å². The van der Waals surface area contributed by atoms with Crippen LogP contribution in [0.15, 0.2) is 24.3 Å². The smallest absolute Gasteiger partial charge is 0.220 e. The van der Waals surface area contributed by atoms with E-state index in [0.717, 1.165) is 19.5 Å². The van der Waals surface area contributed by atoms with Crippen LogP contribution in [0.2, 0.25) is 0 Å². The molecule has 120 valence electrons. The van der Waals surface area contributed by atoms with Gasteiger partial charge in [0.05, 0.1) is 0 Å². The van der Waals surface area contributed by atoms with Gasteiger partial charge in [-0.2, -0.15) is 0 Å². The quantitative estimate of drug-likeness (QED) is 0.724. The summed E-state index contributed by atoms with van der Waals surface area (Å²) in [5, 5.41) is 6.25. The van der Waals surface area contributed by atoms with Crippen molar-refractivity contribution in [2.24, 2.45) is 0 Å². The predicted molar refractivity (Wildman–Crippen MR) is 92.2 cm³/mol. The minimum Gasteiger partial charge on any atom is -0.355 e. The van der Waals surface area contributed by atoms with Gasteiger partial charge in [-0.05, 0) is 30.9 Å². The summed E-state index contributed by atoms with van der Waals surface area (Å²) in [7, 11) is 0. The van der Waals surface area contributed by atoms with E-state index in [4.69, 9.17) is 0 Å². The molecule has 0 saturated carbocycles. The average molecular weight is 313 g/mol. The van der Waals surface area contributed by atoms with Crippen LogP contribution < -0.4 is 10.6 Å². The molecular weight excluding hydrogens is 284 g/mol. The van der Waals surface area contributed by atoms with Crippen LogP contribution in [0.5, 0.6) is 0 Å². The Morgan fingerprint density at radius 3 is 2.29 bits per heavy atom. The summed E-state index contributed by atoms with van der Waals surface area (Å²) >= 11 is 0. The maximum absolute atomic E-state index is 12.0. The van der Waals surface area contributed by atoms with Crippen LogP contribution in [0.25, 0.3) is 0 Å². The molecule has 1 aromatic carbocycles. The monoisotopic (exact) mass is 312 g/mol. The molecule has 0 unspecified atom stereocenters. The number of rotatable bonds is 8. The lowest BCUT2D eigenvalue weighted by Gasteiger charge is -2.24. The van der Waals surface area contributed by atoms with Crippen molar-refractivity contribution in [2.45, 2.75) is 46.0 Å². The van der Waals surface area contributed by atoms with Gasteiger partial charge in [-0.3, -0.25) is 4.79 Å². The fourth-order valence-corrected chi connectivity index (χ4v) is 2.16. The molecule has 0 bridgehead atoms. The van der Waals surface area contributed by atoms with Crippen molar-refractivity contribution >= 4 is 18.3 Å². The number of amides is 1. The number of carbonyl (C=O) groups excluding carboxylic acids is 1. The predicted octanol–water partition coefficient (Wildman–Crippen LogP) is 3.20. The number of halogens is 1. The van der Waals surface area contributed by atoms with Gasteiger partial charge in [0.1, 0.15) is 0 Å². The first-order chi connectivity index (χ1) is 9.45. The molecule has 21 heavy (non-hydrogen) atoms. The molecule has 0 aromatic heterocycles. The molecule has 2 N–H and O–H groups in total. The van der Waals surface area contributed by atoms with E-state index in [1.807, 2.05) is 0 Å². The largest absolute Gasteiger partial charge is 0.355 e. The van der Waals surface area contributed by atoms with Crippen molar-refractivity contribution < 1.29 is 4.79 Å². The average Bonchev–Trinajstić information content (AvgIpc) is 2.38. The zero-order valence-corrected chi connectivity index (χ0v) is 14.5. The molecule has 0 aliphatic rings. The molecule has 0 radical (unpaired) electrons. The topological polar surface area (TPSA) is 41.1 Å². The molecule has 0 heterocycles. The van der Waals surface area contributed by atoms with Crippen molar-refractivity contribution in [2.75, 3.05) is 19.6 Å². The first kappa shape index (κ1) is 19.9. The summed E-state index contributed by atoms with van der Waals surface area (Å²) in [6, 6.07) is 8.43. The third-order valence-electron chi connectivity index (χ3n) is 3.49. The third kappa shape index (κ3) is 7.49. The molecule has 3 nitrogen and oxygen atoms in total. The Kier molecular flexibility index (Phi) is 9.31. The second-order valence-electron chi connectivity index (χ2n) is 6.03. The zero-order chi connectivity index (χ0) is 15.0. The second-order valence-corrected chi connectivity index (χ2v) is 6.03. The molecule has 0 aliphatic carbocycles. The fraction of sp³-hybridized carbons (Fsp3) is 0.588. The Balaban J connectivity index is 0.00000400. The summed E-state index contributed by atoms with van der Waals surface area (Å²) in [4.78, 5) is 12.0. The number of aryl methyl sites for hydroxylation is 1. The Bertz CT molecular complexity index is 415. The Morgan fingerprint density at radius 1 is 1.10 bits per heavy atom. The zero-order valence-electron chi connectivity index (χ0n) is 13.7. The minimum atomic E-state index is -0.130. The van der Waals surface area contributed by atoms with E-state index in [-0.39, 0.29) is 23.7 Å². The van der Waals surface area contributed by atoms with E-state index in [2.05, 4.69) is 62.6 Å². The lowest BCUT2D eigenvalue weighted by Crippen LogP contribution is -2.35. The molecule has 1 aromatic rings. The third-order valence-corrected chi connectivity index (χ3v) is 3.49. The molecular formula is C17H29ClN2O.